The summed E-state index contributed by atoms with van der Waals surface area (Å²) in [6, 6.07) is 5.32. The Morgan fingerprint density at radius 1 is 1.17 bits per heavy atom. The summed E-state index contributed by atoms with van der Waals surface area (Å²) in [6.45, 7) is 7.80. The molecule has 0 aromatic heterocycles. The number of rotatable bonds is 8. The van der Waals surface area contributed by atoms with E-state index in [0.29, 0.717) is 6.54 Å². The van der Waals surface area contributed by atoms with Crippen molar-refractivity contribution in [2.24, 2.45) is 0 Å². The Balaban J connectivity index is 2.25. The van der Waals surface area contributed by atoms with Crippen LogP contribution in [-0.4, -0.2) is 40.3 Å². The van der Waals surface area contributed by atoms with E-state index in [1.165, 1.54) is 28.6 Å². The molecular weight excluding hydrogens is 336 g/mol. The summed E-state index contributed by atoms with van der Waals surface area (Å²) in [5, 5.41) is 0. The van der Waals surface area contributed by atoms with E-state index >= 15 is 0 Å². The molecule has 1 aliphatic rings. The van der Waals surface area contributed by atoms with E-state index < -0.39 is 20.0 Å². The van der Waals surface area contributed by atoms with E-state index in [0.717, 1.165) is 18.4 Å². The van der Waals surface area contributed by atoms with Gasteiger partial charge in [-0.3, -0.25) is 0 Å². The summed E-state index contributed by atoms with van der Waals surface area (Å²) in [6.07, 6.45) is 1.69. The number of nitrogens with one attached hydrogen (secondary N) is 1. The van der Waals surface area contributed by atoms with Crippen LogP contribution in [0.4, 0.5) is 0 Å². The fourth-order valence-electron chi connectivity index (χ4n) is 2.10. The van der Waals surface area contributed by atoms with Crippen LogP contribution in [0.1, 0.15) is 26.7 Å². The second-order valence-electron chi connectivity index (χ2n) is 5.76. The van der Waals surface area contributed by atoms with Gasteiger partial charge >= 0.3 is 0 Å². The molecule has 1 aromatic carbocycles. The predicted molar refractivity (Wildman–Crippen MR) is 89.0 cm³/mol. The molecule has 128 valence electrons. The summed E-state index contributed by atoms with van der Waals surface area (Å²) in [5.74, 6) is 0. The molecule has 0 radical (unpaired) electrons. The number of likely N-dealkylation sites (N-methyl/N-ethyl adjacent to an activating group) is 1. The lowest BCUT2D eigenvalue weighted by Gasteiger charge is -2.20. The van der Waals surface area contributed by atoms with Crippen molar-refractivity contribution < 1.29 is 16.8 Å². The molecule has 8 heteroatoms. The first-order chi connectivity index (χ1) is 10.7. The molecule has 0 heterocycles. The molecule has 1 aromatic rings. The van der Waals surface area contributed by atoms with Gasteiger partial charge < -0.3 is 0 Å². The summed E-state index contributed by atoms with van der Waals surface area (Å²) in [7, 11) is -7.24. The van der Waals surface area contributed by atoms with Crippen LogP contribution in [0.3, 0.4) is 0 Å². The van der Waals surface area contributed by atoms with E-state index in [1.807, 2.05) is 0 Å². The van der Waals surface area contributed by atoms with Crippen LogP contribution in [0.5, 0.6) is 0 Å². The summed E-state index contributed by atoms with van der Waals surface area (Å²) in [4.78, 5) is 0.150. The normalized spacial score (nSPS) is 15.8. The molecule has 0 atom stereocenters. The maximum atomic E-state index is 12.6. The molecule has 1 aliphatic carbocycles. The van der Waals surface area contributed by atoms with Crippen molar-refractivity contribution in [3.63, 3.8) is 0 Å². The minimum atomic E-state index is -3.66. The highest BCUT2D eigenvalue weighted by atomic mass is 32.2. The quantitative estimate of drug-likeness (QED) is 0.717. The highest BCUT2D eigenvalue weighted by molar-refractivity contribution is 7.89. The standard InChI is InChI=1S/C15H22N2O4S2/c1-4-17(11-12(2)3)23(20,21)15-9-7-14(8-10-15)22(18,19)16-13-5-6-13/h7-10,13,16H,2,4-6,11H2,1,3H3. The fourth-order valence-corrected chi connectivity index (χ4v) is 4.91. The first-order valence-corrected chi connectivity index (χ1v) is 10.4. The molecule has 23 heavy (non-hydrogen) atoms. The minimum Gasteiger partial charge on any atom is -0.208 e. The van der Waals surface area contributed by atoms with Crippen molar-refractivity contribution in [2.45, 2.75) is 42.5 Å². The lowest BCUT2D eigenvalue weighted by molar-refractivity contribution is 0.453. The Kier molecular flexibility index (Phi) is 5.30. The van der Waals surface area contributed by atoms with Crippen molar-refractivity contribution in [3.05, 3.63) is 36.4 Å². The van der Waals surface area contributed by atoms with Crippen LogP contribution in [-0.2, 0) is 20.0 Å². The maximum absolute atomic E-state index is 12.6. The highest BCUT2D eigenvalue weighted by Crippen LogP contribution is 2.23. The van der Waals surface area contributed by atoms with Crippen molar-refractivity contribution in [1.82, 2.24) is 9.03 Å². The molecule has 1 fully saturated rings. The van der Waals surface area contributed by atoms with E-state index in [9.17, 15) is 16.8 Å². The molecule has 0 spiro atoms. The third kappa shape index (κ3) is 4.41. The monoisotopic (exact) mass is 358 g/mol. The van der Waals surface area contributed by atoms with Gasteiger partial charge in [-0.25, -0.2) is 21.6 Å². The van der Waals surface area contributed by atoms with E-state index in [2.05, 4.69) is 11.3 Å². The Morgan fingerprint density at radius 2 is 1.70 bits per heavy atom. The zero-order valence-electron chi connectivity index (χ0n) is 13.3. The van der Waals surface area contributed by atoms with Crippen molar-refractivity contribution in [2.75, 3.05) is 13.1 Å². The molecule has 6 nitrogen and oxygen atoms in total. The van der Waals surface area contributed by atoms with Gasteiger partial charge in [0.05, 0.1) is 9.79 Å². The second kappa shape index (κ2) is 6.72. The molecule has 0 amide bonds. The average Bonchev–Trinajstić information content (AvgIpc) is 3.27. The highest BCUT2D eigenvalue weighted by Gasteiger charge is 2.28. The van der Waals surface area contributed by atoms with Crippen LogP contribution < -0.4 is 4.72 Å². The summed E-state index contributed by atoms with van der Waals surface area (Å²) in [5.41, 5.74) is 0.739. The van der Waals surface area contributed by atoms with Gasteiger partial charge in [0.15, 0.2) is 0 Å². The maximum Gasteiger partial charge on any atom is 0.243 e. The second-order valence-corrected chi connectivity index (χ2v) is 9.41. The lowest BCUT2D eigenvalue weighted by Crippen LogP contribution is -2.32. The van der Waals surface area contributed by atoms with E-state index in [4.69, 9.17) is 0 Å². The van der Waals surface area contributed by atoms with Gasteiger partial charge in [0.2, 0.25) is 20.0 Å². The van der Waals surface area contributed by atoms with Crippen LogP contribution in [0.25, 0.3) is 0 Å². The average molecular weight is 358 g/mol. The van der Waals surface area contributed by atoms with Gasteiger partial charge in [-0.05, 0) is 44.0 Å². The van der Waals surface area contributed by atoms with E-state index in [1.54, 1.807) is 13.8 Å². The molecule has 2 rings (SSSR count). The van der Waals surface area contributed by atoms with Crippen LogP contribution >= 0.6 is 0 Å². The topological polar surface area (TPSA) is 83.6 Å². The Labute approximate surface area is 138 Å². The van der Waals surface area contributed by atoms with Gasteiger partial charge in [-0.1, -0.05) is 19.1 Å². The molecule has 0 aliphatic heterocycles. The smallest absolute Gasteiger partial charge is 0.208 e. The number of hydrogen-bond acceptors (Lipinski definition) is 4. The zero-order valence-corrected chi connectivity index (χ0v) is 15.0. The van der Waals surface area contributed by atoms with Crippen LogP contribution in [0.15, 0.2) is 46.2 Å². The third-order valence-electron chi connectivity index (χ3n) is 3.47. The van der Waals surface area contributed by atoms with Gasteiger partial charge in [0, 0.05) is 19.1 Å². The summed E-state index contributed by atoms with van der Waals surface area (Å²) >= 11 is 0. The van der Waals surface area contributed by atoms with Crippen molar-refractivity contribution in [1.29, 1.82) is 0 Å². The number of hydrogen-bond donors (Lipinski definition) is 1. The largest absolute Gasteiger partial charge is 0.243 e. The molecule has 0 saturated heterocycles. The first kappa shape index (κ1) is 18.1. The SMILES string of the molecule is C=C(C)CN(CC)S(=O)(=O)c1ccc(S(=O)(=O)NC2CC2)cc1. The van der Waals surface area contributed by atoms with Gasteiger partial charge in [0.1, 0.15) is 0 Å². The Morgan fingerprint density at radius 3 is 2.13 bits per heavy atom. The van der Waals surface area contributed by atoms with Crippen molar-refractivity contribution >= 4 is 20.0 Å². The predicted octanol–water partition coefficient (Wildman–Crippen LogP) is 1.71. The molecule has 1 N–H and O–H groups in total. The lowest BCUT2D eigenvalue weighted by atomic mass is 10.3. The summed E-state index contributed by atoms with van der Waals surface area (Å²) < 4.78 is 53.2. The van der Waals surface area contributed by atoms with E-state index in [-0.39, 0.29) is 22.4 Å². The van der Waals surface area contributed by atoms with Gasteiger partial charge in [0.25, 0.3) is 0 Å². The number of nitrogens with zero attached hydrogens (tertiary/aromatic N) is 1. The minimum absolute atomic E-state index is 0.00885. The zero-order chi connectivity index (χ0) is 17.3. The van der Waals surface area contributed by atoms with Crippen molar-refractivity contribution in [3.8, 4) is 0 Å². The Bertz CT molecular complexity index is 779. The van der Waals surface area contributed by atoms with Crippen LogP contribution in [0.2, 0.25) is 0 Å². The number of benzene rings is 1. The Hall–Kier alpha value is -1.22. The van der Waals surface area contributed by atoms with Gasteiger partial charge in [-0.15, -0.1) is 0 Å². The van der Waals surface area contributed by atoms with Crippen LogP contribution in [0, 0.1) is 0 Å². The first-order valence-electron chi connectivity index (χ1n) is 7.43. The fraction of sp³-hybridized carbons (Fsp3) is 0.467. The molecular formula is C15H22N2O4S2. The molecule has 0 bridgehead atoms. The number of sulfonamides is 2. The molecule has 0 unspecified atom stereocenters. The van der Waals surface area contributed by atoms with Gasteiger partial charge in [-0.2, -0.15) is 4.31 Å². The molecule has 1 saturated carbocycles. The third-order valence-corrected chi connectivity index (χ3v) is 6.94.